The van der Waals surface area contributed by atoms with E-state index in [-0.39, 0.29) is 23.1 Å². The number of carbonyl (C=O) groups excluding carboxylic acids is 2. The van der Waals surface area contributed by atoms with E-state index in [1.807, 2.05) is 51.1 Å². The average Bonchev–Trinajstić information content (AvgIpc) is 2.96. The Hall–Kier alpha value is -4.05. The maximum atomic E-state index is 14.1. The van der Waals surface area contributed by atoms with Gasteiger partial charge in [-0.25, -0.2) is 8.42 Å². The summed E-state index contributed by atoms with van der Waals surface area (Å²) < 4.78 is 39.8. The SMILES string of the molecule is CCNC(=O)[C@H](CC)N(Cc1ccccc1)C(=O)CN(c1ccc(C)cc1)S(=O)(=O)c1ccc(OC)c(OC)c1. The average molecular weight is 568 g/mol. The van der Waals surface area contributed by atoms with Crippen LogP contribution in [0, 0.1) is 6.92 Å². The Morgan fingerprint density at radius 3 is 2.12 bits per heavy atom. The first-order chi connectivity index (χ1) is 19.2. The monoisotopic (exact) mass is 567 g/mol. The molecule has 0 aliphatic carbocycles. The fourth-order valence-electron chi connectivity index (χ4n) is 4.34. The van der Waals surface area contributed by atoms with Gasteiger partial charge in [-0.2, -0.15) is 0 Å². The van der Waals surface area contributed by atoms with Gasteiger partial charge in [0.15, 0.2) is 11.5 Å². The molecule has 0 aromatic heterocycles. The van der Waals surface area contributed by atoms with E-state index >= 15 is 0 Å². The molecule has 0 heterocycles. The van der Waals surface area contributed by atoms with E-state index in [1.165, 1.54) is 37.3 Å². The van der Waals surface area contributed by atoms with Crippen LogP contribution in [-0.2, 0) is 26.2 Å². The highest BCUT2D eigenvalue weighted by molar-refractivity contribution is 7.92. The molecule has 0 spiro atoms. The maximum Gasteiger partial charge on any atom is 0.264 e. The van der Waals surface area contributed by atoms with Gasteiger partial charge in [0.05, 0.1) is 24.8 Å². The molecule has 40 heavy (non-hydrogen) atoms. The molecule has 2 amide bonds. The topological polar surface area (TPSA) is 105 Å². The third kappa shape index (κ3) is 7.12. The number of sulfonamides is 1. The first-order valence-corrected chi connectivity index (χ1v) is 14.5. The smallest absolute Gasteiger partial charge is 0.264 e. The largest absolute Gasteiger partial charge is 0.493 e. The van der Waals surface area contributed by atoms with E-state index in [0.29, 0.717) is 24.4 Å². The molecule has 3 aromatic carbocycles. The number of anilines is 1. The summed E-state index contributed by atoms with van der Waals surface area (Å²) in [4.78, 5) is 28.4. The Bertz CT molecular complexity index is 1390. The normalized spacial score (nSPS) is 11.8. The molecule has 3 rings (SSSR count). The van der Waals surface area contributed by atoms with Gasteiger partial charge in [0.25, 0.3) is 10.0 Å². The lowest BCUT2D eigenvalue weighted by atomic mass is 10.1. The van der Waals surface area contributed by atoms with Crippen LogP contribution in [0.3, 0.4) is 0 Å². The minimum atomic E-state index is -4.24. The molecule has 1 N–H and O–H groups in total. The lowest BCUT2D eigenvalue weighted by molar-refractivity contribution is -0.140. The van der Waals surface area contributed by atoms with Crippen LogP contribution in [0.1, 0.15) is 31.4 Å². The number of methoxy groups -OCH3 is 2. The number of nitrogens with one attached hydrogen (secondary N) is 1. The fraction of sp³-hybridized carbons (Fsp3) is 0.333. The van der Waals surface area contributed by atoms with Gasteiger partial charge in [-0.3, -0.25) is 13.9 Å². The first-order valence-electron chi connectivity index (χ1n) is 13.1. The third-order valence-corrected chi connectivity index (χ3v) is 8.25. The molecule has 0 fully saturated rings. The summed E-state index contributed by atoms with van der Waals surface area (Å²) >= 11 is 0. The van der Waals surface area contributed by atoms with Crippen LogP contribution >= 0.6 is 0 Å². The molecular weight excluding hydrogens is 530 g/mol. The molecule has 0 saturated carbocycles. The van der Waals surface area contributed by atoms with Crippen molar-refractivity contribution in [1.82, 2.24) is 10.2 Å². The van der Waals surface area contributed by atoms with Crippen LogP contribution < -0.4 is 19.1 Å². The second-order valence-corrected chi connectivity index (χ2v) is 11.1. The summed E-state index contributed by atoms with van der Waals surface area (Å²) in [7, 11) is -1.36. The summed E-state index contributed by atoms with van der Waals surface area (Å²) in [5.74, 6) is -0.182. The number of hydrogen-bond acceptors (Lipinski definition) is 6. The maximum absolute atomic E-state index is 14.1. The van der Waals surface area contributed by atoms with E-state index in [1.54, 1.807) is 24.3 Å². The fourth-order valence-corrected chi connectivity index (χ4v) is 5.77. The highest BCUT2D eigenvalue weighted by Crippen LogP contribution is 2.32. The van der Waals surface area contributed by atoms with Crippen molar-refractivity contribution in [2.24, 2.45) is 0 Å². The summed E-state index contributed by atoms with van der Waals surface area (Å²) in [6, 6.07) is 19.7. The molecule has 1 atom stereocenters. The molecule has 0 aliphatic rings. The highest BCUT2D eigenvalue weighted by atomic mass is 32.2. The number of aryl methyl sites for hydroxylation is 1. The quantitative estimate of drug-likeness (QED) is 0.333. The van der Waals surface area contributed by atoms with E-state index in [9.17, 15) is 18.0 Å². The van der Waals surface area contributed by atoms with Gasteiger partial charge in [-0.15, -0.1) is 0 Å². The zero-order chi connectivity index (χ0) is 29.3. The predicted octanol–water partition coefficient (Wildman–Crippen LogP) is 4.15. The number of ether oxygens (including phenoxy) is 2. The van der Waals surface area contributed by atoms with Gasteiger partial charge in [-0.1, -0.05) is 55.0 Å². The van der Waals surface area contributed by atoms with Crippen LogP contribution in [0.5, 0.6) is 11.5 Å². The van der Waals surface area contributed by atoms with Crippen molar-refractivity contribution in [3.63, 3.8) is 0 Å². The minimum absolute atomic E-state index is 0.0658. The highest BCUT2D eigenvalue weighted by Gasteiger charge is 2.34. The number of hydrogen-bond donors (Lipinski definition) is 1. The minimum Gasteiger partial charge on any atom is -0.493 e. The Kier molecular flexibility index (Phi) is 10.6. The van der Waals surface area contributed by atoms with E-state index in [4.69, 9.17) is 9.47 Å². The van der Waals surface area contributed by atoms with Crippen molar-refractivity contribution in [3.05, 3.63) is 83.9 Å². The molecule has 0 saturated heterocycles. The van der Waals surface area contributed by atoms with Crippen molar-refractivity contribution in [1.29, 1.82) is 0 Å². The Balaban J connectivity index is 2.08. The summed E-state index contributed by atoms with van der Waals surface area (Å²) in [6.07, 6.45) is 0.358. The van der Waals surface area contributed by atoms with Gasteiger partial charge in [0, 0.05) is 19.2 Å². The van der Waals surface area contributed by atoms with Crippen LogP contribution in [0.25, 0.3) is 0 Å². The number of amides is 2. The zero-order valence-electron chi connectivity index (χ0n) is 23.6. The van der Waals surface area contributed by atoms with Crippen molar-refractivity contribution in [2.75, 3.05) is 31.6 Å². The van der Waals surface area contributed by atoms with Crippen LogP contribution in [0.2, 0.25) is 0 Å². The second-order valence-electron chi connectivity index (χ2n) is 9.19. The van der Waals surface area contributed by atoms with Crippen LogP contribution in [0.4, 0.5) is 5.69 Å². The van der Waals surface area contributed by atoms with Crippen molar-refractivity contribution < 1.29 is 27.5 Å². The van der Waals surface area contributed by atoms with E-state index in [2.05, 4.69) is 5.32 Å². The second kappa shape index (κ2) is 13.8. The Morgan fingerprint density at radius 2 is 1.55 bits per heavy atom. The Labute approximate surface area is 236 Å². The van der Waals surface area contributed by atoms with E-state index in [0.717, 1.165) is 15.4 Å². The molecule has 3 aromatic rings. The lowest BCUT2D eigenvalue weighted by Crippen LogP contribution is -2.52. The van der Waals surface area contributed by atoms with E-state index < -0.39 is 28.5 Å². The third-order valence-electron chi connectivity index (χ3n) is 6.48. The standard InChI is InChI=1S/C30H37N3O6S/c1-6-26(30(35)31-7-2)32(20-23-11-9-8-10-12-23)29(34)21-33(24-15-13-22(3)14-16-24)40(36,37)25-17-18-27(38-4)28(19-25)39-5/h8-19,26H,6-7,20-21H2,1-5H3,(H,31,35)/t26-/m0/s1. The lowest BCUT2D eigenvalue weighted by Gasteiger charge is -2.33. The number of rotatable bonds is 13. The number of benzene rings is 3. The van der Waals surface area contributed by atoms with Gasteiger partial charge in [-0.05, 0) is 50.1 Å². The number of nitrogens with zero attached hydrogens (tertiary/aromatic N) is 2. The molecule has 214 valence electrons. The van der Waals surface area contributed by atoms with Crippen molar-refractivity contribution in [2.45, 2.75) is 44.7 Å². The number of likely N-dealkylation sites (N-methyl/N-ethyl adjacent to an activating group) is 1. The van der Waals surface area contributed by atoms with Crippen molar-refractivity contribution >= 4 is 27.5 Å². The van der Waals surface area contributed by atoms with Gasteiger partial charge in [0.1, 0.15) is 12.6 Å². The van der Waals surface area contributed by atoms with Crippen molar-refractivity contribution in [3.8, 4) is 11.5 Å². The Morgan fingerprint density at radius 1 is 0.900 bits per heavy atom. The molecule has 0 aliphatic heterocycles. The van der Waals surface area contributed by atoms with Gasteiger partial charge < -0.3 is 19.7 Å². The summed E-state index contributed by atoms with van der Waals surface area (Å²) in [5, 5.41) is 2.80. The number of carbonyl (C=O) groups is 2. The van der Waals surface area contributed by atoms with Crippen LogP contribution in [0.15, 0.2) is 77.7 Å². The van der Waals surface area contributed by atoms with Gasteiger partial charge >= 0.3 is 0 Å². The van der Waals surface area contributed by atoms with Crippen LogP contribution in [-0.4, -0.2) is 58.5 Å². The zero-order valence-corrected chi connectivity index (χ0v) is 24.4. The molecular formula is C30H37N3O6S. The molecule has 10 heteroatoms. The molecule has 0 radical (unpaired) electrons. The summed E-state index contributed by atoms with van der Waals surface area (Å²) in [6.45, 7) is 5.57. The van der Waals surface area contributed by atoms with Gasteiger partial charge in [0.2, 0.25) is 11.8 Å². The molecule has 0 unspecified atom stereocenters. The predicted molar refractivity (Wildman–Crippen MR) is 155 cm³/mol. The summed E-state index contributed by atoms with van der Waals surface area (Å²) in [5.41, 5.74) is 2.08. The first kappa shape index (κ1) is 30.5. The molecule has 9 nitrogen and oxygen atoms in total. The molecule has 0 bridgehead atoms.